The largest absolute Gasteiger partial charge is 0.357 e. The maximum absolute atomic E-state index is 11.5. The highest BCUT2D eigenvalue weighted by Crippen LogP contribution is 2.16. The van der Waals surface area contributed by atoms with E-state index < -0.39 is 15.3 Å². The van der Waals surface area contributed by atoms with E-state index in [9.17, 15) is 17.2 Å². The maximum atomic E-state index is 11.5. The van der Waals surface area contributed by atoms with E-state index in [4.69, 9.17) is 5.14 Å². The third-order valence-corrected chi connectivity index (χ3v) is 1.42. The van der Waals surface area contributed by atoms with Crippen LogP contribution < -0.4 is 5.14 Å². The Hall–Kier alpha value is -0.230. The van der Waals surface area contributed by atoms with E-state index in [1.165, 1.54) is 0 Å². The minimum Gasteiger partial charge on any atom is -0.205 e. The van der Waals surface area contributed by atoms with Gasteiger partial charge in [0.25, 0.3) is 10.0 Å². The van der Waals surface area contributed by atoms with Gasteiger partial charge in [-0.3, -0.25) is 0 Å². The van der Waals surface area contributed by atoms with Crippen LogP contribution in [0.5, 0.6) is 0 Å². The first kappa shape index (κ1) is 7.77. The molecule has 0 aromatic carbocycles. The van der Waals surface area contributed by atoms with E-state index >= 15 is 0 Å². The van der Waals surface area contributed by atoms with Crippen LogP contribution in [-0.4, -0.2) is 13.7 Å². The second-order valence-corrected chi connectivity index (χ2v) is 3.03. The van der Waals surface area contributed by atoms with Crippen LogP contribution in [0.15, 0.2) is 0 Å². The van der Waals surface area contributed by atoms with Crippen LogP contribution in [0.2, 0.25) is 0 Å². The van der Waals surface area contributed by atoms with Crippen LogP contribution in [0.4, 0.5) is 8.78 Å². The van der Waals surface area contributed by atoms with Crippen molar-refractivity contribution < 1.29 is 17.2 Å². The number of nitrogens with one attached hydrogen (secondary N) is 1. The standard InChI is InChI=1S/C2H4F2NO2S/c1-2(3,4)8(5,6)7/h5H,1H3. The van der Waals surface area contributed by atoms with Gasteiger partial charge in [0.05, 0.1) is 0 Å². The van der Waals surface area contributed by atoms with E-state index in [0.29, 0.717) is 0 Å². The van der Waals surface area contributed by atoms with Crippen LogP contribution in [0.3, 0.4) is 0 Å². The average Bonchev–Trinajstić information content (AvgIpc) is 1.25. The molecule has 49 valence electrons. The summed E-state index contributed by atoms with van der Waals surface area (Å²) in [6, 6.07) is 0. The number of hydrogen-bond acceptors (Lipinski definition) is 2. The molecule has 0 aromatic rings. The maximum Gasteiger partial charge on any atom is 0.357 e. The zero-order valence-electron chi connectivity index (χ0n) is 3.98. The molecule has 0 heterocycles. The van der Waals surface area contributed by atoms with Crippen molar-refractivity contribution in [1.29, 1.82) is 0 Å². The first-order chi connectivity index (χ1) is 3.25. The lowest BCUT2D eigenvalue weighted by atomic mass is 10.9. The zero-order valence-corrected chi connectivity index (χ0v) is 4.80. The van der Waals surface area contributed by atoms with E-state index in [1.807, 2.05) is 0 Å². The Labute approximate surface area is 45.5 Å². The molecule has 0 amide bonds. The smallest absolute Gasteiger partial charge is 0.205 e. The molecule has 3 nitrogen and oxygen atoms in total. The highest BCUT2D eigenvalue weighted by Gasteiger charge is 2.36. The third-order valence-electron chi connectivity index (χ3n) is 0.472. The molecule has 0 saturated carbocycles. The minimum absolute atomic E-state index is 0.162. The predicted octanol–water partition coefficient (Wildman–Crippen LogP) is 0.212. The highest BCUT2D eigenvalue weighted by molar-refractivity contribution is 7.89. The molecular formula is C2H4F2NO2S. The van der Waals surface area contributed by atoms with Crippen molar-refractivity contribution in [3.63, 3.8) is 0 Å². The van der Waals surface area contributed by atoms with Crippen molar-refractivity contribution in [1.82, 2.24) is 5.14 Å². The van der Waals surface area contributed by atoms with E-state index in [1.54, 1.807) is 0 Å². The van der Waals surface area contributed by atoms with Crippen LogP contribution in [0, 0.1) is 0 Å². The number of alkyl halides is 2. The number of hydrogen-bond donors (Lipinski definition) is 0. The van der Waals surface area contributed by atoms with Gasteiger partial charge in [0.15, 0.2) is 0 Å². The summed E-state index contributed by atoms with van der Waals surface area (Å²) < 4.78 is 42.0. The molecular weight excluding hydrogens is 140 g/mol. The van der Waals surface area contributed by atoms with Crippen molar-refractivity contribution in [2.45, 2.75) is 12.2 Å². The van der Waals surface area contributed by atoms with Gasteiger partial charge in [-0.15, -0.1) is 5.14 Å². The van der Waals surface area contributed by atoms with Crippen molar-refractivity contribution >= 4 is 10.0 Å². The van der Waals surface area contributed by atoms with E-state index in [-0.39, 0.29) is 6.92 Å². The lowest BCUT2D eigenvalue weighted by Crippen LogP contribution is -2.24. The monoisotopic (exact) mass is 144 g/mol. The fourth-order valence-electron chi connectivity index (χ4n) is 0. The van der Waals surface area contributed by atoms with Gasteiger partial charge in [-0.25, -0.2) is 8.42 Å². The van der Waals surface area contributed by atoms with Gasteiger partial charge in [0, 0.05) is 6.92 Å². The molecule has 8 heavy (non-hydrogen) atoms. The first-order valence-electron chi connectivity index (χ1n) is 1.62. The fraction of sp³-hybridized carbons (Fsp3) is 1.00. The number of halogens is 2. The Kier molecular flexibility index (Phi) is 1.58. The quantitative estimate of drug-likeness (QED) is 0.528. The normalized spacial score (nSPS) is 14.0. The molecule has 1 radical (unpaired) electrons. The van der Waals surface area contributed by atoms with Gasteiger partial charge in [-0.05, 0) is 0 Å². The van der Waals surface area contributed by atoms with Gasteiger partial charge in [-0.1, -0.05) is 0 Å². The van der Waals surface area contributed by atoms with Crippen molar-refractivity contribution in [3.8, 4) is 0 Å². The van der Waals surface area contributed by atoms with Gasteiger partial charge in [0.1, 0.15) is 0 Å². The van der Waals surface area contributed by atoms with Crippen molar-refractivity contribution in [3.05, 3.63) is 0 Å². The molecule has 0 aromatic heterocycles. The fourth-order valence-corrected chi connectivity index (χ4v) is 0. The van der Waals surface area contributed by atoms with Crippen LogP contribution >= 0.6 is 0 Å². The predicted molar refractivity (Wildman–Crippen MR) is 22.6 cm³/mol. The summed E-state index contributed by atoms with van der Waals surface area (Å²) in [5, 5.41) is 1.88. The molecule has 0 aliphatic heterocycles. The Bertz CT molecular complexity index is 167. The van der Waals surface area contributed by atoms with Gasteiger partial charge >= 0.3 is 5.25 Å². The molecule has 0 fully saturated rings. The van der Waals surface area contributed by atoms with Gasteiger partial charge < -0.3 is 0 Å². The second kappa shape index (κ2) is 1.63. The summed E-state index contributed by atoms with van der Waals surface area (Å²) in [6.07, 6.45) is 0. The Morgan fingerprint density at radius 3 is 1.62 bits per heavy atom. The average molecular weight is 144 g/mol. The van der Waals surface area contributed by atoms with Crippen LogP contribution in [0.1, 0.15) is 6.92 Å². The second-order valence-electron chi connectivity index (χ2n) is 1.31. The molecule has 6 heteroatoms. The Balaban J connectivity index is 4.53. The van der Waals surface area contributed by atoms with E-state index in [0.717, 1.165) is 0 Å². The van der Waals surface area contributed by atoms with Crippen molar-refractivity contribution in [2.24, 2.45) is 0 Å². The molecule has 0 rings (SSSR count). The highest BCUT2D eigenvalue weighted by atomic mass is 32.2. The summed E-state index contributed by atoms with van der Waals surface area (Å²) in [7, 11) is -4.92. The molecule has 0 aliphatic carbocycles. The minimum atomic E-state index is -4.92. The summed E-state index contributed by atoms with van der Waals surface area (Å²) in [5.74, 6) is 0. The third kappa shape index (κ3) is 1.71. The molecule has 0 spiro atoms. The SMILES string of the molecule is CC(F)(F)S([NH])(=O)=O. The molecule has 0 saturated heterocycles. The summed E-state index contributed by atoms with van der Waals surface area (Å²) in [4.78, 5) is 0. The van der Waals surface area contributed by atoms with Crippen LogP contribution in [0.25, 0.3) is 0 Å². The molecule has 1 N–H and O–H groups in total. The summed E-state index contributed by atoms with van der Waals surface area (Å²) in [5.41, 5.74) is 0. The number of sulfonamides is 1. The zero-order chi connectivity index (χ0) is 7.00. The summed E-state index contributed by atoms with van der Waals surface area (Å²) >= 11 is 0. The lowest BCUT2D eigenvalue weighted by Gasteiger charge is -2.03. The molecule has 0 bridgehead atoms. The molecule has 0 atom stereocenters. The van der Waals surface area contributed by atoms with Crippen LogP contribution in [-0.2, 0) is 10.0 Å². The van der Waals surface area contributed by atoms with E-state index in [2.05, 4.69) is 0 Å². The molecule has 0 aliphatic rings. The topological polar surface area (TPSA) is 57.9 Å². The molecule has 0 unspecified atom stereocenters. The number of rotatable bonds is 1. The van der Waals surface area contributed by atoms with Crippen molar-refractivity contribution in [2.75, 3.05) is 0 Å². The Morgan fingerprint density at radius 2 is 1.62 bits per heavy atom. The van der Waals surface area contributed by atoms with Gasteiger partial charge in [0.2, 0.25) is 0 Å². The summed E-state index contributed by atoms with van der Waals surface area (Å²) in [6.45, 7) is 0.162. The van der Waals surface area contributed by atoms with Gasteiger partial charge in [-0.2, -0.15) is 8.78 Å². The first-order valence-corrected chi connectivity index (χ1v) is 3.10. The lowest BCUT2D eigenvalue weighted by molar-refractivity contribution is 0.114. The Morgan fingerprint density at radius 1 is 1.50 bits per heavy atom.